The Hall–Kier alpha value is -2.52. The Labute approximate surface area is 93.2 Å². The number of rotatable bonds is 1. The van der Waals surface area contributed by atoms with E-state index in [-0.39, 0.29) is 0 Å². The summed E-state index contributed by atoms with van der Waals surface area (Å²) in [6, 6.07) is 12.8. The van der Waals surface area contributed by atoms with Gasteiger partial charge in [0.05, 0.1) is 17.2 Å². The van der Waals surface area contributed by atoms with Gasteiger partial charge in [0.15, 0.2) is 5.76 Å². The van der Waals surface area contributed by atoms with Crippen LogP contribution in [-0.4, -0.2) is 0 Å². The van der Waals surface area contributed by atoms with Crippen LogP contribution in [0.25, 0.3) is 11.3 Å². The van der Waals surface area contributed by atoms with Gasteiger partial charge < -0.3 is 4.42 Å². The number of hydrogen-bond acceptors (Lipinski definition) is 3. The van der Waals surface area contributed by atoms with Crippen molar-refractivity contribution in [2.75, 3.05) is 0 Å². The number of aryl methyl sites for hydroxylation is 1. The molecule has 0 N–H and O–H groups in total. The van der Waals surface area contributed by atoms with E-state index in [9.17, 15) is 0 Å². The molecule has 0 aliphatic carbocycles. The fourth-order valence-corrected chi connectivity index (χ4v) is 1.51. The van der Waals surface area contributed by atoms with Gasteiger partial charge >= 0.3 is 0 Å². The summed E-state index contributed by atoms with van der Waals surface area (Å²) in [6.45, 7) is 1.80. The van der Waals surface area contributed by atoms with Crippen LogP contribution in [0.4, 0.5) is 0 Å². The van der Waals surface area contributed by atoms with Crippen LogP contribution in [0.15, 0.2) is 34.7 Å². The highest BCUT2D eigenvalue weighted by atomic mass is 16.3. The monoisotopic (exact) mass is 208 g/mol. The Morgan fingerprint density at radius 2 is 1.75 bits per heavy atom. The molecule has 3 nitrogen and oxygen atoms in total. The summed E-state index contributed by atoms with van der Waals surface area (Å²) in [5, 5.41) is 17.6. The van der Waals surface area contributed by atoms with Crippen molar-refractivity contribution in [3.05, 3.63) is 47.2 Å². The molecule has 2 rings (SSSR count). The first kappa shape index (κ1) is 10.0. The smallest absolute Gasteiger partial charge is 0.152 e. The van der Waals surface area contributed by atoms with Crippen LogP contribution in [-0.2, 0) is 0 Å². The molecule has 0 bridgehead atoms. The maximum atomic E-state index is 8.93. The first-order valence-electron chi connectivity index (χ1n) is 4.75. The summed E-state index contributed by atoms with van der Waals surface area (Å²) >= 11 is 0. The second-order valence-electron chi connectivity index (χ2n) is 3.40. The Morgan fingerprint density at radius 1 is 1.06 bits per heavy atom. The zero-order valence-corrected chi connectivity index (χ0v) is 8.69. The maximum Gasteiger partial charge on any atom is 0.152 e. The highest BCUT2D eigenvalue weighted by Gasteiger charge is 2.10. The van der Waals surface area contributed by atoms with E-state index in [0.717, 1.165) is 5.56 Å². The third kappa shape index (κ3) is 1.67. The van der Waals surface area contributed by atoms with Gasteiger partial charge in [-0.15, -0.1) is 0 Å². The van der Waals surface area contributed by atoms with E-state index >= 15 is 0 Å². The molecule has 1 heterocycles. The second kappa shape index (κ2) is 3.92. The highest BCUT2D eigenvalue weighted by molar-refractivity contribution is 5.66. The molecule has 1 aromatic carbocycles. The van der Waals surface area contributed by atoms with Gasteiger partial charge in [0.2, 0.25) is 0 Å². The van der Waals surface area contributed by atoms with Crippen molar-refractivity contribution in [1.29, 1.82) is 10.5 Å². The van der Waals surface area contributed by atoms with Crippen molar-refractivity contribution in [3.8, 4) is 23.5 Å². The fourth-order valence-electron chi connectivity index (χ4n) is 1.51. The van der Waals surface area contributed by atoms with Crippen LogP contribution >= 0.6 is 0 Å². The molecule has 0 atom stereocenters. The summed E-state index contributed by atoms with van der Waals surface area (Å²) in [7, 11) is 0. The van der Waals surface area contributed by atoms with Crippen LogP contribution in [0.5, 0.6) is 0 Å². The molecule has 0 saturated carbocycles. The first-order chi connectivity index (χ1) is 7.74. The molecule has 0 radical (unpaired) electrons. The van der Waals surface area contributed by atoms with Crippen molar-refractivity contribution < 1.29 is 4.42 Å². The third-order valence-electron chi connectivity index (χ3n) is 2.25. The average molecular weight is 208 g/mol. The average Bonchev–Trinajstić information content (AvgIpc) is 2.70. The van der Waals surface area contributed by atoms with Gasteiger partial charge in [-0.3, -0.25) is 0 Å². The van der Waals surface area contributed by atoms with Crippen LogP contribution in [0, 0.1) is 29.6 Å². The molecule has 0 fully saturated rings. The van der Waals surface area contributed by atoms with Gasteiger partial charge in [0, 0.05) is 5.56 Å². The van der Waals surface area contributed by atoms with Gasteiger partial charge in [-0.1, -0.05) is 0 Å². The minimum absolute atomic E-state index is 0.516. The third-order valence-corrected chi connectivity index (χ3v) is 2.25. The fraction of sp³-hybridized carbons (Fsp3) is 0.0769. The Bertz CT molecular complexity index is 594. The van der Waals surface area contributed by atoms with Crippen LogP contribution in [0.1, 0.15) is 16.9 Å². The molecule has 2 aromatic rings. The highest BCUT2D eigenvalue weighted by Crippen LogP contribution is 2.26. The second-order valence-corrected chi connectivity index (χ2v) is 3.40. The summed E-state index contributed by atoms with van der Waals surface area (Å²) in [6.07, 6.45) is 0. The van der Waals surface area contributed by atoms with Crippen LogP contribution in [0.2, 0.25) is 0 Å². The van der Waals surface area contributed by atoms with E-state index in [1.165, 1.54) is 0 Å². The lowest BCUT2D eigenvalue weighted by atomic mass is 10.1. The number of hydrogen-bond donors (Lipinski definition) is 0. The molecular weight excluding hydrogens is 200 g/mol. The van der Waals surface area contributed by atoms with Gasteiger partial charge in [-0.05, 0) is 37.3 Å². The molecule has 0 aliphatic heterocycles. The topological polar surface area (TPSA) is 60.7 Å². The lowest BCUT2D eigenvalue weighted by Gasteiger charge is -1.97. The zero-order chi connectivity index (χ0) is 11.5. The Balaban J connectivity index is 2.51. The quantitative estimate of drug-likeness (QED) is 0.723. The maximum absolute atomic E-state index is 8.93. The lowest BCUT2D eigenvalue weighted by Crippen LogP contribution is -1.79. The summed E-state index contributed by atoms with van der Waals surface area (Å²) in [5.74, 6) is 1.26. The normalized spacial score (nSPS) is 9.44. The van der Waals surface area contributed by atoms with Crippen LogP contribution in [0.3, 0.4) is 0 Å². The number of furan rings is 1. The largest absolute Gasteiger partial charge is 0.460 e. The molecule has 0 saturated heterocycles. The molecule has 0 aliphatic rings. The minimum atomic E-state index is 0.516. The van der Waals surface area contributed by atoms with Crippen molar-refractivity contribution in [1.82, 2.24) is 0 Å². The SMILES string of the molecule is Cc1cc(C#N)c(-c2ccc(C#N)cc2)o1. The number of nitrogens with zero attached hydrogens (tertiary/aromatic N) is 2. The summed E-state index contributed by atoms with van der Waals surface area (Å²) < 4.78 is 5.46. The van der Waals surface area contributed by atoms with E-state index in [4.69, 9.17) is 14.9 Å². The summed E-state index contributed by atoms with van der Waals surface area (Å²) in [5.41, 5.74) is 1.91. The zero-order valence-electron chi connectivity index (χ0n) is 8.69. The lowest BCUT2D eigenvalue weighted by molar-refractivity contribution is 0.548. The van der Waals surface area contributed by atoms with Crippen molar-refractivity contribution in [2.24, 2.45) is 0 Å². The molecule has 1 aromatic heterocycles. The van der Waals surface area contributed by atoms with E-state index in [0.29, 0.717) is 22.6 Å². The molecule has 0 spiro atoms. The van der Waals surface area contributed by atoms with Crippen LogP contribution < -0.4 is 0 Å². The van der Waals surface area contributed by atoms with E-state index in [2.05, 4.69) is 6.07 Å². The molecular formula is C13H8N2O. The van der Waals surface area contributed by atoms with Gasteiger partial charge in [0.25, 0.3) is 0 Å². The first-order valence-corrected chi connectivity index (χ1v) is 4.75. The predicted octanol–water partition coefficient (Wildman–Crippen LogP) is 3.00. The molecule has 3 heteroatoms. The Morgan fingerprint density at radius 3 is 2.31 bits per heavy atom. The van der Waals surface area contributed by atoms with E-state index in [1.54, 1.807) is 37.3 Å². The van der Waals surface area contributed by atoms with Gasteiger partial charge in [-0.2, -0.15) is 10.5 Å². The van der Waals surface area contributed by atoms with Crippen molar-refractivity contribution in [2.45, 2.75) is 6.92 Å². The summed E-state index contributed by atoms with van der Waals surface area (Å²) in [4.78, 5) is 0. The molecule has 0 amide bonds. The standard InChI is InChI=1S/C13H8N2O/c1-9-6-12(8-15)13(16-9)11-4-2-10(7-14)3-5-11/h2-6H,1H3. The molecule has 0 unspecified atom stereocenters. The predicted molar refractivity (Wildman–Crippen MR) is 58.3 cm³/mol. The van der Waals surface area contributed by atoms with E-state index in [1.807, 2.05) is 6.07 Å². The van der Waals surface area contributed by atoms with E-state index < -0.39 is 0 Å². The number of benzene rings is 1. The van der Waals surface area contributed by atoms with Gasteiger partial charge in [-0.25, -0.2) is 0 Å². The molecule has 76 valence electrons. The molecule has 16 heavy (non-hydrogen) atoms. The Kier molecular flexibility index (Phi) is 2.45. The number of nitriles is 2. The minimum Gasteiger partial charge on any atom is -0.460 e. The van der Waals surface area contributed by atoms with Crippen molar-refractivity contribution >= 4 is 0 Å². The van der Waals surface area contributed by atoms with Crippen molar-refractivity contribution in [3.63, 3.8) is 0 Å². The van der Waals surface area contributed by atoms with Gasteiger partial charge in [0.1, 0.15) is 11.8 Å².